The Morgan fingerprint density at radius 3 is 2.46 bits per heavy atom. The molecule has 9 heteroatoms. The van der Waals surface area contributed by atoms with Crippen molar-refractivity contribution in [1.82, 2.24) is 5.59 Å². The molecule has 0 spiro atoms. The molecule has 0 saturated carbocycles. The van der Waals surface area contributed by atoms with Crippen LogP contribution in [0, 0.1) is 22.7 Å². The van der Waals surface area contributed by atoms with Crippen molar-refractivity contribution in [2.24, 2.45) is 0 Å². The second-order valence-corrected chi connectivity index (χ2v) is 5.81. The molecule has 1 fully saturated rings. The second kappa shape index (κ2) is 7.61. The number of anilines is 1. The molecule has 28 heavy (non-hydrogen) atoms. The molecule has 0 aliphatic carbocycles. The van der Waals surface area contributed by atoms with Crippen molar-refractivity contribution in [2.75, 3.05) is 11.6 Å². The zero-order chi connectivity index (χ0) is 20.3. The fourth-order valence-electron chi connectivity index (χ4n) is 2.54. The number of hydrogen-bond donors (Lipinski definition) is 1. The van der Waals surface area contributed by atoms with Gasteiger partial charge in [-0.1, -0.05) is 6.58 Å². The van der Waals surface area contributed by atoms with Crippen molar-refractivity contribution in [3.05, 3.63) is 71.4 Å². The Bertz CT molecular complexity index is 975. The maximum absolute atomic E-state index is 13.2. The first-order valence-electron chi connectivity index (χ1n) is 7.98. The third kappa shape index (κ3) is 3.91. The zero-order valence-corrected chi connectivity index (χ0v) is 14.3. The summed E-state index contributed by atoms with van der Waals surface area (Å²) in [6.45, 7) is 3.89. The number of ether oxygens (including phenoxy) is 1. The Hall–Kier alpha value is -3.53. The molecule has 142 valence electrons. The molecular weight excluding hydrogens is 373 g/mol. The van der Waals surface area contributed by atoms with Crippen LogP contribution in [0.5, 0.6) is 5.75 Å². The zero-order valence-electron chi connectivity index (χ0n) is 14.3. The van der Waals surface area contributed by atoms with Crippen molar-refractivity contribution in [3.8, 4) is 17.9 Å². The molecule has 1 N–H and O–H groups in total. The molecule has 1 saturated heterocycles. The Balaban J connectivity index is 1.71. The summed E-state index contributed by atoms with van der Waals surface area (Å²) in [5.41, 5.74) is 1.94. The largest absolute Gasteiger partial charge is 0.490 e. The van der Waals surface area contributed by atoms with Crippen molar-refractivity contribution >= 4 is 5.69 Å². The molecule has 1 heterocycles. The first-order valence-corrected chi connectivity index (χ1v) is 7.98. The summed E-state index contributed by atoms with van der Waals surface area (Å²) in [4.78, 5) is 5.33. The molecule has 0 bridgehead atoms. The van der Waals surface area contributed by atoms with E-state index in [-0.39, 0.29) is 12.3 Å². The van der Waals surface area contributed by atoms with Gasteiger partial charge in [-0.15, -0.1) is 5.59 Å². The Morgan fingerprint density at radius 1 is 1.14 bits per heavy atom. The highest BCUT2D eigenvalue weighted by Gasteiger charge is 2.36. The Morgan fingerprint density at radius 2 is 1.86 bits per heavy atom. The van der Waals surface area contributed by atoms with E-state index in [2.05, 4.69) is 12.2 Å². The van der Waals surface area contributed by atoms with Crippen LogP contribution in [0.1, 0.15) is 16.7 Å². The molecule has 0 aromatic heterocycles. The van der Waals surface area contributed by atoms with Crippen LogP contribution < -0.4 is 15.3 Å². The van der Waals surface area contributed by atoms with Gasteiger partial charge in [0.05, 0.1) is 40.2 Å². The van der Waals surface area contributed by atoms with Crippen molar-refractivity contribution in [3.63, 3.8) is 0 Å². The van der Waals surface area contributed by atoms with E-state index in [1.54, 1.807) is 24.3 Å². The molecule has 1 aliphatic heterocycles. The standard InChI is InChI=1S/C19H13F3N4O2/c1-12-18(11-27-16-6-2-13(9-23)3-7-16)28-25-26(12)15-5-4-14(10-24)17(8-15)19(20,21)22/h2-8,18,25H,1,11H2. The van der Waals surface area contributed by atoms with E-state index in [4.69, 9.17) is 20.1 Å². The second-order valence-electron chi connectivity index (χ2n) is 5.81. The van der Waals surface area contributed by atoms with Gasteiger partial charge in [0.1, 0.15) is 12.4 Å². The number of nitrogens with zero attached hydrogens (tertiary/aromatic N) is 3. The molecule has 1 aliphatic rings. The minimum Gasteiger partial charge on any atom is -0.490 e. The van der Waals surface area contributed by atoms with Gasteiger partial charge in [0.15, 0.2) is 6.10 Å². The average molecular weight is 386 g/mol. The quantitative estimate of drug-likeness (QED) is 0.864. The highest BCUT2D eigenvalue weighted by molar-refractivity contribution is 5.57. The summed E-state index contributed by atoms with van der Waals surface area (Å²) >= 11 is 0. The van der Waals surface area contributed by atoms with Gasteiger partial charge in [-0.2, -0.15) is 23.7 Å². The summed E-state index contributed by atoms with van der Waals surface area (Å²) in [5, 5.41) is 18.9. The lowest BCUT2D eigenvalue weighted by Crippen LogP contribution is -2.28. The summed E-state index contributed by atoms with van der Waals surface area (Å²) in [5.74, 6) is 0.506. The van der Waals surface area contributed by atoms with E-state index >= 15 is 0 Å². The van der Waals surface area contributed by atoms with Gasteiger partial charge in [0, 0.05) is 0 Å². The number of hydrogen-bond acceptors (Lipinski definition) is 6. The Kier molecular flexibility index (Phi) is 5.23. The number of halogens is 3. The normalized spacial score (nSPS) is 16.5. The summed E-state index contributed by atoms with van der Waals surface area (Å²) in [7, 11) is 0. The van der Waals surface area contributed by atoms with Crippen LogP contribution >= 0.6 is 0 Å². The fourth-order valence-corrected chi connectivity index (χ4v) is 2.54. The molecule has 0 amide bonds. The highest BCUT2D eigenvalue weighted by atomic mass is 19.4. The molecule has 3 rings (SSSR count). The minimum atomic E-state index is -4.67. The van der Waals surface area contributed by atoms with Crippen LogP contribution in [0.3, 0.4) is 0 Å². The molecule has 0 radical (unpaired) electrons. The molecule has 2 aromatic rings. The van der Waals surface area contributed by atoms with Gasteiger partial charge in [0.25, 0.3) is 0 Å². The van der Waals surface area contributed by atoms with E-state index in [0.29, 0.717) is 17.0 Å². The number of benzene rings is 2. The first kappa shape index (κ1) is 19.2. The molecule has 2 aromatic carbocycles. The van der Waals surface area contributed by atoms with E-state index in [0.717, 1.165) is 12.1 Å². The topological polar surface area (TPSA) is 81.3 Å². The lowest BCUT2D eigenvalue weighted by molar-refractivity contribution is -0.137. The van der Waals surface area contributed by atoms with Crippen LogP contribution in [0.15, 0.2) is 54.7 Å². The summed E-state index contributed by atoms with van der Waals surface area (Å²) in [6.07, 6.45) is -5.32. The van der Waals surface area contributed by atoms with Gasteiger partial charge < -0.3 is 4.74 Å². The predicted octanol–water partition coefficient (Wildman–Crippen LogP) is 3.67. The van der Waals surface area contributed by atoms with Crippen LogP contribution in [0.2, 0.25) is 0 Å². The van der Waals surface area contributed by atoms with Crippen molar-refractivity contribution in [2.45, 2.75) is 12.3 Å². The summed E-state index contributed by atoms with van der Waals surface area (Å²) in [6, 6.07) is 13.3. The van der Waals surface area contributed by atoms with Crippen LogP contribution in [-0.4, -0.2) is 12.7 Å². The van der Waals surface area contributed by atoms with Gasteiger partial charge in [0.2, 0.25) is 0 Å². The minimum absolute atomic E-state index is 0.0522. The number of nitrogens with one attached hydrogen (secondary N) is 1. The SMILES string of the molecule is C=C1C(COc2ccc(C#N)cc2)ONN1c1ccc(C#N)c(C(F)(F)F)c1. The lowest BCUT2D eigenvalue weighted by Gasteiger charge is -2.19. The first-order chi connectivity index (χ1) is 13.3. The Labute approximate surface area is 158 Å². The molecule has 1 atom stereocenters. The number of nitriles is 2. The van der Waals surface area contributed by atoms with E-state index < -0.39 is 23.4 Å². The third-order valence-corrected chi connectivity index (χ3v) is 4.02. The van der Waals surface area contributed by atoms with Gasteiger partial charge in [-0.25, -0.2) is 0 Å². The maximum atomic E-state index is 13.2. The third-order valence-electron chi connectivity index (χ3n) is 4.02. The number of rotatable bonds is 4. The highest BCUT2D eigenvalue weighted by Crippen LogP contribution is 2.35. The fraction of sp³-hybridized carbons (Fsp3) is 0.158. The van der Waals surface area contributed by atoms with Crippen LogP contribution in [-0.2, 0) is 11.0 Å². The van der Waals surface area contributed by atoms with Crippen molar-refractivity contribution < 1.29 is 22.7 Å². The summed E-state index contributed by atoms with van der Waals surface area (Å²) < 4.78 is 45.0. The lowest BCUT2D eigenvalue weighted by atomic mass is 10.1. The smallest absolute Gasteiger partial charge is 0.417 e. The molecular formula is C19H13F3N4O2. The van der Waals surface area contributed by atoms with Gasteiger partial charge >= 0.3 is 6.18 Å². The van der Waals surface area contributed by atoms with Crippen molar-refractivity contribution in [1.29, 1.82) is 10.5 Å². The van der Waals surface area contributed by atoms with Gasteiger partial charge in [-0.05, 0) is 42.5 Å². The molecule has 1 unspecified atom stereocenters. The van der Waals surface area contributed by atoms with Gasteiger partial charge in [-0.3, -0.25) is 9.85 Å². The number of hydrazine groups is 1. The monoisotopic (exact) mass is 386 g/mol. The number of alkyl halides is 3. The van der Waals surface area contributed by atoms with E-state index in [1.807, 2.05) is 6.07 Å². The van der Waals surface area contributed by atoms with E-state index in [1.165, 1.54) is 17.1 Å². The average Bonchev–Trinajstić information content (AvgIpc) is 3.06. The predicted molar refractivity (Wildman–Crippen MR) is 92.4 cm³/mol. The maximum Gasteiger partial charge on any atom is 0.417 e. The molecule has 6 nitrogen and oxygen atoms in total. The van der Waals surface area contributed by atoms with Crippen LogP contribution in [0.25, 0.3) is 0 Å². The van der Waals surface area contributed by atoms with E-state index in [9.17, 15) is 13.2 Å². The van der Waals surface area contributed by atoms with Crippen LogP contribution in [0.4, 0.5) is 18.9 Å².